The molecule has 2 aliphatic rings. The Morgan fingerprint density at radius 1 is 1.09 bits per heavy atom. The second-order valence-corrected chi connectivity index (χ2v) is 7.99. The van der Waals surface area contributed by atoms with Crippen LogP contribution < -0.4 is 20.9 Å². The lowest BCUT2D eigenvalue weighted by molar-refractivity contribution is -0.117. The topological polar surface area (TPSA) is 112 Å². The number of hydrogen-bond donors (Lipinski definition) is 3. The molecule has 32 heavy (non-hydrogen) atoms. The number of carbonyl (C=O) groups excluding carboxylic acids is 2. The number of aromatic nitrogens is 3. The van der Waals surface area contributed by atoms with E-state index >= 15 is 0 Å². The number of anilines is 4. The van der Waals surface area contributed by atoms with Crippen molar-refractivity contribution in [1.29, 1.82) is 0 Å². The first kappa shape index (κ1) is 19.9. The normalized spacial score (nSPS) is 14.2. The number of para-hydroxylation sites is 1. The second kappa shape index (κ2) is 7.92. The van der Waals surface area contributed by atoms with Crippen molar-refractivity contribution in [3.63, 3.8) is 0 Å². The standard InChI is InChI=1S/C23H23N7O2/c1-24-23(32)15-11-27-19(29-22(31)13-6-7-13)10-17(15)28-16-5-3-4-14-20-18(25-8-9-26-20)12-30(2)21(14)16/h3-5,8-11,13H,6-7,12H2,1-2H3,(H,24,32)(H2,27,28,29,31). The average Bonchev–Trinajstić information content (AvgIpc) is 3.65. The van der Waals surface area contributed by atoms with Crippen LogP contribution in [0.25, 0.3) is 11.3 Å². The number of hydrogen-bond acceptors (Lipinski definition) is 7. The van der Waals surface area contributed by atoms with Crippen molar-refractivity contribution in [2.24, 2.45) is 5.92 Å². The predicted molar refractivity (Wildman–Crippen MR) is 122 cm³/mol. The van der Waals surface area contributed by atoms with E-state index in [1.165, 1.54) is 6.20 Å². The Bertz CT molecular complexity index is 1220. The summed E-state index contributed by atoms with van der Waals surface area (Å²) in [6.07, 6.45) is 6.67. The Morgan fingerprint density at radius 3 is 2.69 bits per heavy atom. The van der Waals surface area contributed by atoms with Crippen LogP contribution in [0.1, 0.15) is 28.9 Å². The molecule has 0 saturated heterocycles. The van der Waals surface area contributed by atoms with E-state index in [2.05, 4.69) is 35.8 Å². The highest BCUT2D eigenvalue weighted by Crippen LogP contribution is 2.42. The lowest BCUT2D eigenvalue weighted by Crippen LogP contribution is -2.24. The summed E-state index contributed by atoms with van der Waals surface area (Å²) in [4.78, 5) is 40.1. The van der Waals surface area contributed by atoms with Crippen LogP contribution in [0.5, 0.6) is 0 Å². The van der Waals surface area contributed by atoms with E-state index in [0.29, 0.717) is 23.6 Å². The molecule has 9 nitrogen and oxygen atoms in total. The molecule has 1 fully saturated rings. The fourth-order valence-electron chi connectivity index (χ4n) is 3.92. The van der Waals surface area contributed by atoms with Gasteiger partial charge in [0.25, 0.3) is 5.91 Å². The van der Waals surface area contributed by atoms with Gasteiger partial charge < -0.3 is 20.9 Å². The molecule has 1 aromatic carbocycles. The molecule has 3 heterocycles. The van der Waals surface area contributed by atoms with Crippen LogP contribution in [0.3, 0.4) is 0 Å². The predicted octanol–water partition coefficient (Wildman–Crippen LogP) is 2.94. The molecule has 3 N–H and O–H groups in total. The molecule has 5 rings (SSSR count). The van der Waals surface area contributed by atoms with Crippen molar-refractivity contribution >= 4 is 34.7 Å². The fourth-order valence-corrected chi connectivity index (χ4v) is 3.92. The van der Waals surface area contributed by atoms with Crippen molar-refractivity contribution in [1.82, 2.24) is 20.3 Å². The number of pyridine rings is 1. The molecule has 0 unspecified atom stereocenters. The maximum atomic E-state index is 12.5. The minimum atomic E-state index is -0.269. The van der Waals surface area contributed by atoms with Crippen LogP contribution in [-0.2, 0) is 11.3 Å². The highest BCUT2D eigenvalue weighted by Gasteiger charge is 2.30. The molecule has 2 amide bonds. The van der Waals surface area contributed by atoms with E-state index in [-0.39, 0.29) is 17.7 Å². The molecule has 3 aromatic rings. The van der Waals surface area contributed by atoms with Gasteiger partial charge in [-0.05, 0) is 18.9 Å². The number of nitrogens with one attached hydrogen (secondary N) is 3. The summed E-state index contributed by atoms with van der Waals surface area (Å²) in [7, 11) is 3.57. The van der Waals surface area contributed by atoms with Crippen molar-refractivity contribution < 1.29 is 9.59 Å². The largest absolute Gasteiger partial charge is 0.366 e. The molecular formula is C23H23N7O2. The lowest BCUT2D eigenvalue weighted by Gasteiger charge is -2.30. The van der Waals surface area contributed by atoms with E-state index in [4.69, 9.17) is 0 Å². The molecule has 1 aliphatic heterocycles. The highest BCUT2D eigenvalue weighted by atomic mass is 16.2. The van der Waals surface area contributed by atoms with Crippen molar-refractivity contribution in [2.45, 2.75) is 19.4 Å². The molecule has 2 aromatic heterocycles. The number of carbonyl (C=O) groups is 2. The Kier molecular flexibility index (Phi) is 4.93. The third kappa shape index (κ3) is 3.62. The molecule has 0 radical (unpaired) electrons. The molecule has 0 bridgehead atoms. The third-order valence-corrected chi connectivity index (χ3v) is 5.68. The van der Waals surface area contributed by atoms with E-state index < -0.39 is 0 Å². The van der Waals surface area contributed by atoms with Gasteiger partial charge in [-0.15, -0.1) is 0 Å². The number of rotatable bonds is 5. The van der Waals surface area contributed by atoms with Gasteiger partial charge in [0.1, 0.15) is 5.82 Å². The monoisotopic (exact) mass is 429 g/mol. The Morgan fingerprint density at radius 2 is 1.91 bits per heavy atom. The van der Waals surface area contributed by atoms with E-state index in [1.54, 1.807) is 25.5 Å². The maximum Gasteiger partial charge on any atom is 0.254 e. The van der Waals surface area contributed by atoms with E-state index in [9.17, 15) is 9.59 Å². The van der Waals surface area contributed by atoms with Crippen molar-refractivity contribution in [2.75, 3.05) is 29.6 Å². The first-order chi connectivity index (χ1) is 15.5. The maximum absolute atomic E-state index is 12.5. The number of benzene rings is 1. The number of amides is 2. The van der Waals surface area contributed by atoms with Crippen molar-refractivity contribution in [3.8, 4) is 11.3 Å². The highest BCUT2D eigenvalue weighted by molar-refractivity contribution is 6.02. The number of fused-ring (bicyclic) bond motifs is 3. The molecule has 0 spiro atoms. The van der Waals surface area contributed by atoms with Gasteiger partial charge in [-0.3, -0.25) is 19.6 Å². The minimum Gasteiger partial charge on any atom is -0.366 e. The number of nitrogens with zero attached hydrogens (tertiary/aromatic N) is 4. The van der Waals surface area contributed by atoms with Gasteiger partial charge in [-0.2, -0.15) is 0 Å². The second-order valence-electron chi connectivity index (χ2n) is 7.99. The molecule has 0 atom stereocenters. The SMILES string of the molecule is CNC(=O)c1cnc(NC(=O)C2CC2)cc1Nc1cccc2c1N(C)Cc1nccnc1-2. The van der Waals surface area contributed by atoms with Crippen LogP contribution in [0.2, 0.25) is 0 Å². The van der Waals surface area contributed by atoms with Gasteiger partial charge >= 0.3 is 0 Å². The first-order valence-corrected chi connectivity index (χ1v) is 10.5. The van der Waals surface area contributed by atoms with Crippen LogP contribution in [0, 0.1) is 5.92 Å². The molecule has 9 heteroatoms. The fraction of sp³-hybridized carbons (Fsp3) is 0.261. The Balaban J connectivity index is 1.55. The quantitative estimate of drug-likeness (QED) is 0.572. The zero-order valence-electron chi connectivity index (χ0n) is 17.8. The van der Waals surface area contributed by atoms with Crippen molar-refractivity contribution in [3.05, 3.63) is 54.1 Å². The molecule has 1 saturated carbocycles. The van der Waals surface area contributed by atoms with Gasteiger partial charge in [-0.1, -0.05) is 12.1 Å². The van der Waals surface area contributed by atoms with Crippen LogP contribution in [0.15, 0.2) is 42.9 Å². The van der Waals surface area contributed by atoms with Crippen LogP contribution >= 0.6 is 0 Å². The van der Waals surface area contributed by atoms with Crippen LogP contribution in [-0.4, -0.2) is 40.9 Å². The van der Waals surface area contributed by atoms with Gasteiger partial charge in [0.2, 0.25) is 5.91 Å². The van der Waals surface area contributed by atoms with E-state index in [0.717, 1.165) is 41.2 Å². The summed E-state index contributed by atoms with van der Waals surface area (Å²) in [5.41, 5.74) is 5.44. The summed E-state index contributed by atoms with van der Waals surface area (Å²) in [5, 5.41) is 8.89. The summed E-state index contributed by atoms with van der Waals surface area (Å²) < 4.78 is 0. The zero-order chi connectivity index (χ0) is 22.2. The summed E-state index contributed by atoms with van der Waals surface area (Å²) >= 11 is 0. The third-order valence-electron chi connectivity index (χ3n) is 5.68. The van der Waals surface area contributed by atoms with Gasteiger partial charge in [0.15, 0.2) is 0 Å². The van der Waals surface area contributed by atoms with Gasteiger partial charge in [0, 0.05) is 50.2 Å². The van der Waals surface area contributed by atoms with Crippen LogP contribution in [0.4, 0.5) is 22.9 Å². The molecule has 162 valence electrons. The molecule has 1 aliphatic carbocycles. The summed E-state index contributed by atoms with van der Waals surface area (Å²) in [6.45, 7) is 0.621. The Labute approximate surface area is 185 Å². The minimum absolute atomic E-state index is 0.0388. The average molecular weight is 429 g/mol. The Hall–Kier alpha value is -4.01. The molecular weight excluding hydrogens is 406 g/mol. The smallest absolute Gasteiger partial charge is 0.254 e. The van der Waals surface area contributed by atoms with E-state index in [1.807, 2.05) is 25.2 Å². The summed E-state index contributed by atoms with van der Waals surface area (Å²) in [5.74, 6) is 0.159. The van der Waals surface area contributed by atoms with Gasteiger partial charge in [0.05, 0.1) is 40.6 Å². The zero-order valence-corrected chi connectivity index (χ0v) is 17.8. The summed E-state index contributed by atoms with van der Waals surface area (Å²) in [6, 6.07) is 7.60. The van der Waals surface area contributed by atoms with Gasteiger partial charge in [-0.25, -0.2) is 4.98 Å². The first-order valence-electron chi connectivity index (χ1n) is 10.5. The lowest BCUT2D eigenvalue weighted by atomic mass is 10.0.